The highest BCUT2D eigenvalue weighted by Gasteiger charge is 2.21. The van der Waals surface area contributed by atoms with Crippen LogP contribution in [-0.2, 0) is 0 Å². The fraction of sp³-hybridized carbons (Fsp3) is 0.417. The van der Waals surface area contributed by atoms with Gasteiger partial charge in [-0.1, -0.05) is 6.07 Å². The van der Waals surface area contributed by atoms with E-state index in [0.29, 0.717) is 11.5 Å². The second kappa shape index (κ2) is 5.31. The third-order valence-electron chi connectivity index (χ3n) is 2.59. The van der Waals surface area contributed by atoms with Gasteiger partial charge >= 0.3 is 5.97 Å². The molecule has 1 atom stereocenters. The average Bonchev–Trinajstić information content (AvgIpc) is 2.81. The second-order valence-electron chi connectivity index (χ2n) is 3.75. The van der Waals surface area contributed by atoms with Crippen LogP contribution in [0.25, 0.3) is 0 Å². The Morgan fingerprint density at radius 3 is 2.94 bits per heavy atom. The van der Waals surface area contributed by atoms with E-state index in [0.717, 1.165) is 17.9 Å². The van der Waals surface area contributed by atoms with E-state index in [1.165, 1.54) is 13.2 Å². The van der Waals surface area contributed by atoms with Gasteiger partial charge in [-0.25, -0.2) is 4.79 Å². The smallest absolute Gasteiger partial charge is 0.339 e. The van der Waals surface area contributed by atoms with Gasteiger partial charge in [0.2, 0.25) is 0 Å². The van der Waals surface area contributed by atoms with Crippen molar-refractivity contribution in [3.63, 3.8) is 0 Å². The molecule has 92 valence electrons. The van der Waals surface area contributed by atoms with Crippen LogP contribution >= 0.6 is 11.8 Å². The SMILES string of the molecule is COc1c(OC2CCSC2)cccc1C(=O)O. The molecule has 1 saturated heterocycles. The normalized spacial score (nSPS) is 19.0. The van der Waals surface area contributed by atoms with Crippen molar-refractivity contribution in [3.8, 4) is 11.5 Å². The first-order chi connectivity index (χ1) is 8.22. The van der Waals surface area contributed by atoms with Crippen molar-refractivity contribution in [3.05, 3.63) is 23.8 Å². The lowest BCUT2D eigenvalue weighted by molar-refractivity contribution is 0.0692. The number of carboxylic acids is 1. The topological polar surface area (TPSA) is 55.8 Å². The van der Waals surface area contributed by atoms with E-state index < -0.39 is 5.97 Å². The molecule has 4 nitrogen and oxygen atoms in total. The van der Waals surface area contributed by atoms with Gasteiger partial charge in [-0.15, -0.1) is 0 Å². The Kier molecular flexibility index (Phi) is 3.78. The summed E-state index contributed by atoms with van der Waals surface area (Å²) in [6.45, 7) is 0. The number of methoxy groups -OCH3 is 1. The van der Waals surface area contributed by atoms with Gasteiger partial charge in [-0.05, 0) is 24.3 Å². The zero-order valence-electron chi connectivity index (χ0n) is 9.51. The van der Waals surface area contributed by atoms with Gasteiger partial charge in [0.1, 0.15) is 11.7 Å². The summed E-state index contributed by atoms with van der Waals surface area (Å²) in [5.74, 6) is 1.84. The number of hydrogen-bond acceptors (Lipinski definition) is 4. The number of rotatable bonds is 4. The van der Waals surface area contributed by atoms with Crippen LogP contribution in [0.3, 0.4) is 0 Å². The van der Waals surface area contributed by atoms with Gasteiger partial charge in [-0.2, -0.15) is 11.8 Å². The minimum absolute atomic E-state index is 0.135. The van der Waals surface area contributed by atoms with Crippen LogP contribution in [0.2, 0.25) is 0 Å². The predicted octanol–water partition coefficient (Wildman–Crippen LogP) is 2.28. The average molecular weight is 254 g/mol. The van der Waals surface area contributed by atoms with Crippen LogP contribution in [0.15, 0.2) is 18.2 Å². The second-order valence-corrected chi connectivity index (χ2v) is 4.90. The number of aromatic carboxylic acids is 1. The zero-order valence-corrected chi connectivity index (χ0v) is 10.3. The molecule has 1 aliphatic rings. The van der Waals surface area contributed by atoms with Crippen LogP contribution in [0, 0.1) is 0 Å². The first-order valence-electron chi connectivity index (χ1n) is 5.37. The monoisotopic (exact) mass is 254 g/mol. The molecular weight excluding hydrogens is 240 g/mol. The lowest BCUT2D eigenvalue weighted by atomic mass is 10.2. The molecule has 1 heterocycles. The maximum atomic E-state index is 11.0. The standard InChI is InChI=1S/C12H14O4S/c1-15-11-9(12(13)14)3-2-4-10(11)16-8-5-6-17-7-8/h2-4,8H,5-7H2,1H3,(H,13,14). The molecule has 0 spiro atoms. The van der Waals surface area contributed by atoms with Crippen LogP contribution < -0.4 is 9.47 Å². The Bertz CT molecular complexity index is 413. The first kappa shape index (κ1) is 12.1. The molecule has 0 aromatic heterocycles. The van der Waals surface area contributed by atoms with Crippen molar-refractivity contribution < 1.29 is 19.4 Å². The van der Waals surface area contributed by atoms with Gasteiger partial charge in [0.05, 0.1) is 7.11 Å². The molecule has 1 fully saturated rings. The van der Waals surface area contributed by atoms with Gasteiger partial charge < -0.3 is 14.6 Å². The van der Waals surface area contributed by atoms with E-state index in [9.17, 15) is 4.79 Å². The molecule has 0 radical (unpaired) electrons. The quantitative estimate of drug-likeness (QED) is 0.893. The van der Waals surface area contributed by atoms with E-state index in [4.69, 9.17) is 14.6 Å². The van der Waals surface area contributed by atoms with Crippen LogP contribution in [0.5, 0.6) is 11.5 Å². The van der Waals surface area contributed by atoms with E-state index in [1.807, 2.05) is 11.8 Å². The van der Waals surface area contributed by atoms with Crippen molar-refractivity contribution in [2.24, 2.45) is 0 Å². The van der Waals surface area contributed by atoms with E-state index in [-0.39, 0.29) is 11.7 Å². The Hall–Kier alpha value is -1.36. The molecule has 1 aliphatic heterocycles. The van der Waals surface area contributed by atoms with Crippen molar-refractivity contribution in [2.45, 2.75) is 12.5 Å². The lowest BCUT2D eigenvalue weighted by Crippen LogP contribution is -2.16. The highest BCUT2D eigenvalue weighted by Crippen LogP contribution is 2.33. The summed E-state index contributed by atoms with van der Waals surface area (Å²) in [6.07, 6.45) is 1.14. The molecule has 0 saturated carbocycles. The summed E-state index contributed by atoms with van der Waals surface area (Å²) in [5.41, 5.74) is 0.135. The van der Waals surface area contributed by atoms with Crippen molar-refractivity contribution >= 4 is 17.7 Å². The summed E-state index contributed by atoms with van der Waals surface area (Å²) in [6, 6.07) is 4.93. The number of carbonyl (C=O) groups is 1. The van der Waals surface area contributed by atoms with E-state index >= 15 is 0 Å². The number of benzene rings is 1. The number of carboxylic acid groups (broad SMARTS) is 1. The summed E-state index contributed by atoms with van der Waals surface area (Å²) in [7, 11) is 1.46. The maximum Gasteiger partial charge on any atom is 0.339 e. The van der Waals surface area contributed by atoms with Gasteiger partial charge in [-0.3, -0.25) is 0 Å². The Morgan fingerprint density at radius 2 is 2.35 bits per heavy atom. The van der Waals surface area contributed by atoms with Crippen molar-refractivity contribution in [1.82, 2.24) is 0 Å². The highest BCUT2D eigenvalue weighted by atomic mass is 32.2. The molecule has 1 aromatic carbocycles. The van der Waals surface area contributed by atoms with Gasteiger partial charge in [0.25, 0.3) is 0 Å². The van der Waals surface area contributed by atoms with Crippen molar-refractivity contribution in [1.29, 1.82) is 0 Å². The highest BCUT2D eigenvalue weighted by molar-refractivity contribution is 7.99. The predicted molar refractivity (Wildman–Crippen MR) is 66.3 cm³/mol. The molecular formula is C12H14O4S. The zero-order chi connectivity index (χ0) is 12.3. The van der Waals surface area contributed by atoms with Crippen LogP contribution in [0.4, 0.5) is 0 Å². The maximum absolute atomic E-state index is 11.0. The molecule has 17 heavy (non-hydrogen) atoms. The van der Waals surface area contributed by atoms with Gasteiger partial charge in [0, 0.05) is 5.75 Å². The molecule has 2 rings (SSSR count). The van der Waals surface area contributed by atoms with Crippen molar-refractivity contribution in [2.75, 3.05) is 18.6 Å². The van der Waals surface area contributed by atoms with Gasteiger partial charge in [0.15, 0.2) is 11.5 Å². The number of ether oxygens (including phenoxy) is 2. The molecule has 0 aliphatic carbocycles. The number of thioether (sulfide) groups is 1. The Labute approximate surface area is 104 Å². The summed E-state index contributed by atoms with van der Waals surface area (Å²) in [5, 5.41) is 9.04. The van der Waals surface area contributed by atoms with E-state index in [2.05, 4.69) is 0 Å². The Balaban J connectivity index is 2.25. The third kappa shape index (κ3) is 2.66. The summed E-state index contributed by atoms with van der Waals surface area (Å²) < 4.78 is 10.9. The minimum Gasteiger partial charge on any atom is -0.492 e. The van der Waals surface area contributed by atoms with Crippen LogP contribution in [-0.4, -0.2) is 35.8 Å². The minimum atomic E-state index is -1.01. The molecule has 1 unspecified atom stereocenters. The fourth-order valence-electron chi connectivity index (χ4n) is 1.77. The molecule has 0 bridgehead atoms. The number of para-hydroxylation sites is 1. The Morgan fingerprint density at radius 1 is 1.53 bits per heavy atom. The molecule has 5 heteroatoms. The number of hydrogen-bond donors (Lipinski definition) is 1. The molecule has 1 N–H and O–H groups in total. The van der Waals surface area contributed by atoms with Crippen LogP contribution in [0.1, 0.15) is 16.8 Å². The summed E-state index contributed by atoms with van der Waals surface area (Å²) >= 11 is 1.84. The molecule has 0 amide bonds. The third-order valence-corrected chi connectivity index (χ3v) is 3.73. The molecule has 1 aromatic rings. The fourth-order valence-corrected chi connectivity index (χ4v) is 2.87. The van der Waals surface area contributed by atoms with E-state index in [1.54, 1.807) is 12.1 Å². The first-order valence-corrected chi connectivity index (χ1v) is 6.52. The largest absolute Gasteiger partial charge is 0.492 e. The lowest BCUT2D eigenvalue weighted by Gasteiger charge is -2.16. The summed E-state index contributed by atoms with van der Waals surface area (Å²) in [4.78, 5) is 11.0.